The molecule has 0 bridgehead atoms. The van der Waals surface area contributed by atoms with Crippen LogP contribution in [-0.2, 0) is 19.4 Å². The molecule has 0 aromatic heterocycles. The topological polar surface area (TPSA) is 89.5 Å². The Kier molecular flexibility index (Phi) is 5.93. The molecule has 1 amide bonds. The van der Waals surface area contributed by atoms with Gasteiger partial charge in [-0.1, -0.05) is 35.3 Å². The Bertz CT molecular complexity index is 1080. The van der Waals surface area contributed by atoms with Crippen LogP contribution in [0.1, 0.15) is 32.3 Å². The van der Waals surface area contributed by atoms with Gasteiger partial charge in [-0.3, -0.25) is 0 Å². The first kappa shape index (κ1) is 22.6. The summed E-state index contributed by atoms with van der Waals surface area (Å²) in [5, 5.41) is 2.04. The van der Waals surface area contributed by atoms with Crippen LogP contribution in [0.4, 0.5) is 4.79 Å². The van der Waals surface area contributed by atoms with Crippen molar-refractivity contribution in [3.63, 3.8) is 0 Å². The highest BCUT2D eigenvalue weighted by Crippen LogP contribution is 2.56. The van der Waals surface area contributed by atoms with Crippen molar-refractivity contribution in [1.29, 1.82) is 0 Å². The molecule has 1 aliphatic rings. The smallest absolute Gasteiger partial charge is 0.408 e. The van der Waals surface area contributed by atoms with Crippen molar-refractivity contribution in [2.45, 2.75) is 48.0 Å². The second-order valence-electron chi connectivity index (χ2n) is 8.13. The molecule has 6 nitrogen and oxygen atoms in total. The van der Waals surface area contributed by atoms with Gasteiger partial charge in [-0.25, -0.2) is 13.2 Å². The van der Waals surface area contributed by atoms with E-state index in [2.05, 4.69) is 5.32 Å². The van der Waals surface area contributed by atoms with Crippen LogP contribution in [0.15, 0.2) is 53.4 Å². The van der Waals surface area contributed by atoms with Crippen molar-refractivity contribution in [2.75, 3.05) is 0 Å². The van der Waals surface area contributed by atoms with Gasteiger partial charge in [0.1, 0.15) is 22.7 Å². The lowest BCUT2D eigenvalue weighted by Crippen LogP contribution is -2.45. The van der Waals surface area contributed by atoms with Crippen molar-refractivity contribution < 1.29 is 22.7 Å². The standard InChI is InChI=1S/C21H21Cl2NO5S/c1-20(2,3)29-19(26)24-21(12-25)17(13-5-4-6-15(23)11-13)18(21)30(27,28)16-9-7-14(22)8-10-16/h4-12,17-18H,1-3H3,(H,24,26). The Morgan fingerprint density at radius 1 is 1.10 bits per heavy atom. The van der Waals surface area contributed by atoms with E-state index in [1.54, 1.807) is 45.0 Å². The molecule has 3 atom stereocenters. The number of carbonyl (C=O) groups is 2. The van der Waals surface area contributed by atoms with E-state index in [1.807, 2.05) is 0 Å². The number of hydrogen-bond acceptors (Lipinski definition) is 5. The quantitative estimate of drug-likeness (QED) is 0.655. The maximum atomic E-state index is 13.4. The maximum absolute atomic E-state index is 13.4. The van der Waals surface area contributed by atoms with Crippen molar-refractivity contribution in [1.82, 2.24) is 5.32 Å². The average Bonchev–Trinajstić information content (AvgIpc) is 3.30. The van der Waals surface area contributed by atoms with Crippen molar-refractivity contribution in [2.24, 2.45) is 0 Å². The molecule has 30 heavy (non-hydrogen) atoms. The molecule has 2 aromatic carbocycles. The number of sulfone groups is 1. The summed E-state index contributed by atoms with van der Waals surface area (Å²) in [6.07, 6.45) is -0.420. The van der Waals surface area contributed by atoms with E-state index in [0.717, 1.165) is 0 Å². The molecule has 0 spiro atoms. The molecule has 1 aliphatic carbocycles. The summed E-state index contributed by atoms with van der Waals surface area (Å²) in [4.78, 5) is 24.7. The first-order chi connectivity index (χ1) is 13.9. The van der Waals surface area contributed by atoms with Gasteiger partial charge in [0.15, 0.2) is 9.84 Å². The predicted molar refractivity (Wildman–Crippen MR) is 115 cm³/mol. The third kappa shape index (κ3) is 4.33. The number of halogens is 2. The third-order valence-electron chi connectivity index (χ3n) is 4.78. The van der Waals surface area contributed by atoms with Crippen molar-refractivity contribution in [3.05, 3.63) is 64.1 Å². The number of rotatable bonds is 5. The fraction of sp³-hybridized carbons (Fsp3) is 0.333. The van der Waals surface area contributed by atoms with Crippen molar-refractivity contribution >= 4 is 45.4 Å². The van der Waals surface area contributed by atoms with Gasteiger partial charge in [-0.05, 0) is 62.7 Å². The van der Waals surface area contributed by atoms with Gasteiger partial charge in [0.2, 0.25) is 0 Å². The summed E-state index contributed by atoms with van der Waals surface area (Å²) in [5.41, 5.74) is -1.99. The minimum Gasteiger partial charge on any atom is -0.444 e. The van der Waals surface area contributed by atoms with Crippen LogP contribution >= 0.6 is 23.2 Å². The lowest BCUT2D eigenvalue weighted by Gasteiger charge is -2.22. The van der Waals surface area contributed by atoms with E-state index >= 15 is 0 Å². The largest absolute Gasteiger partial charge is 0.444 e. The van der Waals surface area contributed by atoms with Crippen LogP contribution in [0.2, 0.25) is 10.0 Å². The Morgan fingerprint density at radius 2 is 1.73 bits per heavy atom. The van der Waals surface area contributed by atoms with Crippen LogP contribution in [0.25, 0.3) is 0 Å². The highest BCUT2D eigenvalue weighted by molar-refractivity contribution is 7.92. The maximum Gasteiger partial charge on any atom is 0.408 e. The van der Waals surface area contributed by atoms with Gasteiger partial charge < -0.3 is 14.8 Å². The van der Waals surface area contributed by atoms with E-state index in [1.165, 1.54) is 24.3 Å². The molecular formula is C21H21Cl2NO5S. The predicted octanol–water partition coefficient (Wildman–Crippen LogP) is 4.40. The van der Waals surface area contributed by atoms with Crippen LogP contribution in [-0.4, -0.2) is 37.2 Å². The molecule has 0 saturated heterocycles. The first-order valence-electron chi connectivity index (χ1n) is 9.13. The number of alkyl carbamates (subject to hydrolysis) is 1. The van der Waals surface area contributed by atoms with Gasteiger partial charge in [0.25, 0.3) is 0 Å². The molecule has 1 saturated carbocycles. The van der Waals surface area contributed by atoms with E-state index in [-0.39, 0.29) is 4.90 Å². The first-order valence-corrected chi connectivity index (χ1v) is 11.4. The fourth-order valence-electron chi connectivity index (χ4n) is 3.53. The summed E-state index contributed by atoms with van der Waals surface area (Å²) < 4.78 is 32.0. The summed E-state index contributed by atoms with van der Waals surface area (Å²) >= 11 is 12.0. The van der Waals surface area contributed by atoms with E-state index in [9.17, 15) is 18.0 Å². The van der Waals surface area contributed by atoms with Crippen molar-refractivity contribution in [3.8, 4) is 0 Å². The highest BCUT2D eigenvalue weighted by atomic mass is 35.5. The van der Waals surface area contributed by atoms with Crippen LogP contribution < -0.4 is 5.32 Å². The number of nitrogens with one attached hydrogen (secondary N) is 1. The van der Waals surface area contributed by atoms with E-state index in [4.69, 9.17) is 27.9 Å². The number of hydrogen-bond donors (Lipinski definition) is 1. The number of ether oxygens (including phenoxy) is 1. The molecule has 1 fully saturated rings. The monoisotopic (exact) mass is 469 g/mol. The van der Waals surface area contributed by atoms with Crippen LogP contribution in [0.5, 0.6) is 0 Å². The molecule has 1 N–H and O–H groups in total. The second kappa shape index (κ2) is 7.87. The van der Waals surface area contributed by atoms with Gasteiger partial charge in [-0.2, -0.15) is 0 Å². The summed E-state index contributed by atoms with van der Waals surface area (Å²) in [5.74, 6) is -0.832. The summed E-state index contributed by atoms with van der Waals surface area (Å²) in [6, 6.07) is 12.2. The molecule has 0 heterocycles. The molecule has 3 unspecified atom stereocenters. The average molecular weight is 470 g/mol. The lowest BCUT2D eigenvalue weighted by atomic mass is 10.1. The van der Waals surface area contributed by atoms with Gasteiger partial charge in [-0.15, -0.1) is 0 Å². The number of aldehydes is 1. The highest BCUT2D eigenvalue weighted by Gasteiger charge is 2.73. The zero-order valence-corrected chi connectivity index (χ0v) is 18.9. The van der Waals surface area contributed by atoms with Gasteiger partial charge in [0.05, 0.1) is 4.90 Å². The third-order valence-corrected chi connectivity index (χ3v) is 7.52. The molecule has 2 aromatic rings. The number of benzene rings is 2. The zero-order valence-electron chi connectivity index (χ0n) is 16.6. The molecule has 9 heteroatoms. The molecule has 0 aliphatic heterocycles. The minimum absolute atomic E-state index is 0.00126. The number of carbonyl (C=O) groups excluding carboxylic acids is 2. The normalized spacial score (nSPS) is 23.5. The Hall–Kier alpha value is -2.09. The van der Waals surface area contributed by atoms with Gasteiger partial charge in [0, 0.05) is 16.0 Å². The SMILES string of the molecule is CC(C)(C)OC(=O)NC1(C=O)C(c2cccc(Cl)c2)C1S(=O)(=O)c1ccc(Cl)cc1. The van der Waals surface area contributed by atoms with E-state index in [0.29, 0.717) is 21.9 Å². The molecular weight excluding hydrogens is 449 g/mol. The molecule has 0 radical (unpaired) electrons. The molecule has 3 rings (SSSR count). The molecule has 160 valence electrons. The van der Waals surface area contributed by atoms with Crippen LogP contribution in [0, 0.1) is 0 Å². The zero-order chi connectivity index (χ0) is 22.3. The Balaban J connectivity index is 2.06. The minimum atomic E-state index is -4.00. The number of amides is 1. The fourth-order valence-corrected chi connectivity index (χ4v) is 6.10. The summed E-state index contributed by atoms with van der Waals surface area (Å²) in [7, 11) is -4.00. The van der Waals surface area contributed by atoms with Crippen LogP contribution in [0.3, 0.4) is 0 Å². The van der Waals surface area contributed by atoms with Gasteiger partial charge >= 0.3 is 6.09 Å². The Labute approximate surface area is 185 Å². The second-order valence-corrected chi connectivity index (χ2v) is 11.1. The Morgan fingerprint density at radius 3 is 2.27 bits per heavy atom. The van der Waals surface area contributed by atoms with E-state index < -0.39 is 38.2 Å². The lowest BCUT2D eigenvalue weighted by molar-refractivity contribution is -0.110. The summed E-state index contributed by atoms with van der Waals surface area (Å²) in [6.45, 7) is 5.01.